The quantitative estimate of drug-likeness (QED) is 0.838. The molecule has 1 atom stereocenters. The van der Waals surface area contributed by atoms with Crippen LogP contribution in [-0.2, 0) is 4.79 Å². The predicted octanol–water partition coefficient (Wildman–Crippen LogP) is 3.74. The van der Waals surface area contributed by atoms with E-state index in [2.05, 4.69) is 0 Å². The molecule has 0 aromatic heterocycles. The number of nitrogens with zero attached hydrogens (tertiary/aromatic N) is 3. The third-order valence-electron chi connectivity index (χ3n) is 4.87. The summed E-state index contributed by atoms with van der Waals surface area (Å²) in [5.41, 5.74) is 1.09. The highest BCUT2D eigenvalue weighted by atomic mass is 19.4. The van der Waals surface area contributed by atoms with E-state index in [4.69, 9.17) is 0 Å². The van der Waals surface area contributed by atoms with Gasteiger partial charge in [-0.05, 0) is 45.4 Å². The van der Waals surface area contributed by atoms with Crippen molar-refractivity contribution in [3.63, 3.8) is 0 Å². The minimum absolute atomic E-state index is 0.00726. The minimum atomic E-state index is -4.84. The van der Waals surface area contributed by atoms with E-state index in [1.807, 2.05) is 56.9 Å². The van der Waals surface area contributed by atoms with E-state index < -0.39 is 23.7 Å². The third kappa shape index (κ3) is 4.88. The fourth-order valence-corrected chi connectivity index (χ4v) is 3.49. The molecule has 1 N–H and O–H groups in total. The maximum atomic E-state index is 12.5. The molecule has 1 aromatic carbocycles. The van der Waals surface area contributed by atoms with Gasteiger partial charge in [0.25, 0.3) is 0 Å². The van der Waals surface area contributed by atoms with Crippen LogP contribution in [0.3, 0.4) is 0 Å². The summed E-state index contributed by atoms with van der Waals surface area (Å²) in [6.45, 7) is 7.92. The van der Waals surface area contributed by atoms with Gasteiger partial charge >= 0.3 is 18.2 Å². The Hall–Kier alpha value is -2.45. The largest absolute Gasteiger partial charge is 0.471 e. The molecule has 2 amide bonds. The lowest BCUT2D eigenvalue weighted by atomic mass is 9.99. The Labute approximate surface area is 162 Å². The molecule has 156 valence electrons. The van der Waals surface area contributed by atoms with Crippen molar-refractivity contribution in [2.24, 2.45) is 0 Å². The zero-order valence-electron chi connectivity index (χ0n) is 16.5. The van der Waals surface area contributed by atoms with Crippen LogP contribution < -0.4 is 4.90 Å². The molecule has 0 spiro atoms. The third-order valence-corrected chi connectivity index (χ3v) is 4.87. The standard InChI is InChI=1S/C19H26F3N3O3/c1-13(25(17(27)28)18(2,3)4)14-5-7-15(8-6-14)23-9-11-24(12-10-23)16(26)19(20,21)22/h5-8,13H,9-12H2,1-4H3,(H,27,28)/t13-/m0/s1. The summed E-state index contributed by atoms with van der Waals surface area (Å²) in [5, 5.41) is 9.53. The number of benzene rings is 1. The Kier molecular flexibility index (Phi) is 6.15. The van der Waals surface area contributed by atoms with Gasteiger partial charge in [-0.25, -0.2) is 4.79 Å². The lowest BCUT2D eigenvalue weighted by Gasteiger charge is -2.38. The van der Waals surface area contributed by atoms with Crippen molar-refractivity contribution in [3.8, 4) is 0 Å². The van der Waals surface area contributed by atoms with Gasteiger partial charge in [-0.3, -0.25) is 9.69 Å². The highest BCUT2D eigenvalue weighted by Gasteiger charge is 2.43. The van der Waals surface area contributed by atoms with E-state index >= 15 is 0 Å². The number of piperazine rings is 1. The summed E-state index contributed by atoms with van der Waals surface area (Å²) in [6.07, 6.45) is -5.85. The maximum Gasteiger partial charge on any atom is 0.471 e. The molecular formula is C19H26F3N3O3. The van der Waals surface area contributed by atoms with Crippen LogP contribution in [0, 0.1) is 0 Å². The van der Waals surface area contributed by atoms with Crippen LogP contribution in [0.1, 0.15) is 39.3 Å². The van der Waals surface area contributed by atoms with Crippen molar-refractivity contribution in [1.29, 1.82) is 0 Å². The fraction of sp³-hybridized carbons (Fsp3) is 0.579. The van der Waals surface area contributed by atoms with E-state index in [-0.39, 0.29) is 19.1 Å². The second kappa shape index (κ2) is 7.89. The Morgan fingerprint density at radius 1 is 1.04 bits per heavy atom. The Balaban J connectivity index is 2.06. The molecule has 0 aliphatic carbocycles. The van der Waals surface area contributed by atoms with Crippen molar-refractivity contribution in [2.45, 2.75) is 45.5 Å². The second-order valence-corrected chi connectivity index (χ2v) is 7.87. The van der Waals surface area contributed by atoms with Crippen LogP contribution in [0.5, 0.6) is 0 Å². The van der Waals surface area contributed by atoms with E-state index in [9.17, 15) is 27.9 Å². The summed E-state index contributed by atoms with van der Waals surface area (Å²) in [6, 6.07) is 6.96. The zero-order valence-corrected chi connectivity index (χ0v) is 16.5. The van der Waals surface area contributed by atoms with Crippen LogP contribution in [0.2, 0.25) is 0 Å². The van der Waals surface area contributed by atoms with Crippen LogP contribution >= 0.6 is 0 Å². The molecule has 1 aromatic rings. The van der Waals surface area contributed by atoms with Gasteiger partial charge in [-0.15, -0.1) is 0 Å². The van der Waals surface area contributed by atoms with Crippen LogP contribution in [0.4, 0.5) is 23.7 Å². The molecule has 0 saturated carbocycles. The maximum absolute atomic E-state index is 12.5. The first kappa shape index (κ1) is 21.8. The summed E-state index contributed by atoms with van der Waals surface area (Å²) in [4.78, 5) is 27.1. The second-order valence-electron chi connectivity index (χ2n) is 7.87. The summed E-state index contributed by atoms with van der Waals surface area (Å²) in [5.74, 6) is -1.80. The number of amides is 2. The normalized spacial score (nSPS) is 16.7. The van der Waals surface area contributed by atoms with E-state index in [0.29, 0.717) is 13.1 Å². The average Bonchev–Trinajstić information content (AvgIpc) is 2.59. The molecule has 0 bridgehead atoms. The molecule has 28 heavy (non-hydrogen) atoms. The van der Waals surface area contributed by atoms with Gasteiger partial charge in [-0.1, -0.05) is 12.1 Å². The summed E-state index contributed by atoms with van der Waals surface area (Å²) in [7, 11) is 0. The SMILES string of the molecule is C[C@@H](c1ccc(N2CCN(C(=O)C(F)(F)F)CC2)cc1)N(C(=O)O)C(C)(C)C. The van der Waals surface area contributed by atoms with Crippen LogP contribution in [0.15, 0.2) is 24.3 Å². The molecule has 9 heteroatoms. The lowest BCUT2D eigenvalue weighted by molar-refractivity contribution is -0.185. The van der Waals surface area contributed by atoms with Crippen molar-refractivity contribution in [2.75, 3.05) is 31.1 Å². The first-order valence-corrected chi connectivity index (χ1v) is 9.05. The predicted molar refractivity (Wildman–Crippen MR) is 99.3 cm³/mol. The molecular weight excluding hydrogens is 375 g/mol. The van der Waals surface area contributed by atoms with Crippen molar-refractivity contribution in [3.05, 3.63) is 29.8 Å². The Bertz CT molecular complexity index is 706. The van der Waals surface area contributed by atoms with Gasteiger partial charge in [0.2, 0.25) is 0 Å². The van der Waals surface area contributed by atoms with Crippen molar-refractivity contribution in [1.82, 2.24) is 9.80 Å². The Morgan fingerprint density at radius 3 is 1.93 bits per heavy atom. The topological polar surface area (TPSA) is 64.1 Å². The number of hydrogen-bond donors (Lipinski definition) is 1. The highest BCUT2D eigenvalue weighted by Crippen LogP contribution is 2.30. The van der Waals surface area contributed by atoms with Gasteiger partial charge in [0, 0.05) is 37.4 Å². The molecule has 1 aliphatic rings. The number of carboxylic acid groups (broad SMARTS) is 1. The van der Waals surface area contributed by atoms with E-state index in [0.717, 1.165) is 16.2 Å². The number of carbonyl (C=O) groups is 2. The Morgan fingerprint density at radius 2 is 1.54 bits per heavy atom. The highest BCUT2D eigenvalue weighted by molar-refractivity contribution is 5.82. The molecule has 6 nitrogen and oxygen atoms in total. The number of anilines is 1. The van der Waals surface area contributed by atoms with Crippen molar-refractivity contribution < 1.29 is 27.9 Å². The fourth-order valence-electron chi connectivity index (χ4n) is 3.49. The molecule has 0 unspecified atom stereocenters. The molecule has 1 saturated heterocycles. The van der Waals surface area contributed by atoms with E-state index in [1.54, 1.807) is 0 Å². The summed E-state index contributed by atoms with van der Waals surface area (Å²) < 4.78 is 37.6. The molecule has 1 aliphatic heterocycles. The first-order valence-electron chi connectivity index (χ1n) is 9.05. The molecule has 1 heterocycles. The van der Waals surface area contributed by atoms with Gasteiger partial charge in [0.05, 0.1) is 6.04 Å². The number of hydrogen-bond acceptors (Lipinski definition) is 3. The van der Waals surface area contributed by atoms with E-state index in [1.165, 1.54) is 4.90 Å². The smallest absolute Gasteiger partial charge is 0.465 e. The zero-order chi connectivity index (χ0) is 21.3. The lowest BCUT2D eigenvalue weighted by Crippen LogP contribution is -2.52. The minimum Gasteiger partial charge on any atom is -0.465 e. The van der Waals surface area contributed by atoms with Gasteiger partial charge in [0.1, 0.15) is 0 Å². The van der Waals surface area contributed by atoms with Gasteiger partial charge in [-0.2, -0.15) is 13.2 Å². The van der Waals surface area contributed by atoms with Gasteiger partial charge in [0.15, 0.2) is 0 Å². The van der Waals surface area contributed by atoms with Crippen molar-refractivity contribution >= 4 is 17.7 Å². The average molecular weight is 401 g/mol. The summed E-state index contributed by atoms with van der Waals surface area (Å²) >= 11 is 0. The number of rotatable bonds is 3. The monoisotopic (exact) mass is 401 g/mol. The molecule has 2 rings (SSSR count). The first-order chi connectivity index (χ1) is 12.8. The number of carbonyl (C=O) groups excluding carboxylic acids is 1. The van der Waals surface area contributed by atoms with Crippen LogP contribution in [-0.4, -0.2) is 64.8 Å². The van der Waals surface area contributed by atoms with Crippen LogP contribution in [0.25, 0.3) is 0 Å². The van der Waals surface area contributed by atoms with Gasteiger partial charge < -0.3 is 14.9 Å². The molecule has 0 radical (unpaired) electrons. The number of halogens is 3. The molecule has 1 fully saturated rings. The number of alkyl halides is 3.